The highest BCUT2D eigenvalue weighted by Gasteiger charge is 2.22. The summed E-state index contributed by atoms with van der Waals surface area (Å²) in [5.41, 5.74) is 3.45. The molecule has 0 radical (unpaired) electrons. The van der Waals surface area contributed by atoms with E-state index in [1.54, 1.807) is 55.7 Å². The van der Waals surface area contributed by atoms with Crippen molar-refractivity contribution in [3.8, 4) is 0 Å². The fourth-order valence-corrected chi connectivity index (χ4v) is 5.31. The van der Waals surface area contributed by atoms with Gasteiger partial charge in [-0.2, -0.15) is 0 Å². The van der Waals surface area contributed by atoms with Gasteiger partial charge in [0, 0.05) is 24.5 Å². The number of aryl methyl sites for hydroxylation is 2. The largest absolute Gasteiger partial charge is 0.348 e. The fraction of sp³-hybridized carbons (Fsp3) is 0.107. The molecule has 8 nitrogen and oxygen atoms in total. The lowest BCUT2D eigenvalue weighted by Gasteiger charge is -2.14. The second-order valence-electron chi connectivity index (χ2n) is 8.61. The minimum absolute atomic E-state index is 0.0328. The van der Waals surface area contributed by atoms with Crippen molar-refractivity contribution in [3.63, 3.8) is 0 Å². The maximum atomic E-state index is 13.2. The van der Waals surface area contributed by atoms with Gasteiger partial charge in [-0.25, -0.2) is 8.42 Å². The molecule has 0 spiro atoms. The SMILES string of the molecule is Cc1ccc(C)c(NS(=O)(=O)c2cc(C(=O)Nc3ccccc3C(=O)NCc3cccnc3)ccc2Cl)c1. The summed E-state index contributed by atoms with van der Waals surface area (Å²) >= 11 is 6.23. The van der Waals surface area contributed by atoms with Crippen LogP contribution in [-0.2, 0) is 16.6 Å². The molecule has 0 unspecified atom stereocenters. The van der Waals surface area contributed by atoms with Crippen LogP contribution in [0.3, 0.4) is 0 Å². The second kappa shape index (κ2) is 11.5. The number of carbonyl (C=O) groups excluding carboxylic acids is 2. The van der Waals surface area contributed by atoms with Crippen molar-refractivity contribution in [2.24, 2.45) is 0 Å². The topological polar surface area (TPSA) is 117 Å². The summed E-state index contributed by atoms with van der Waals surface area (Å²) in [4.78, 5) is 29.7. The lowest BCUT2D eigenvalue weighted by Crippen LogP contribution is -2.25. The number of sulfonamides is 1. The maximum Gasteiger partial charge on any atom is 0.263 e. The Morgan fingerprint density at radius 1 is 0.895 bits per heavy atom. The molecule has 3 N–H and O–H groups in total. The summed E-state index contributed by atoms with van der Waals surface area (Å²) in [7, 11) is -4.10. The Kier molecular flexibility index (Phi) is 8.09. The minimum atomic E-state index is -4.10. The van der Waals surface area contributed by atoms with Crippen molar-refractivity contribution < 1.29 is 18.0 Å². The molecule has 38 heavy (non-hydrogen) atoms. The molecule has 0 bridgehead atoms. The van der Waals surface area contributed by atoms with Gasteiger partial charge in [-0.15, -0.1) is 0 Å². The summed E-state index contributed by atoms with van der Waals surface area (Å²) in [6.07, 6.45) is 3.29. The van der Waals surface area contributed by atoms with E-state index in [2.05, 4.69) is 20.3 Å². The van der Waals surface area contributed by atoms with E-state index in [1.165, 1.54) is 18.2 Å². The summed E-state index contributed by atoms with van der Waals surface area (Å²) in [5, 5.41) is 5.47. The number of hydrogen-bond donors (Lipinski definition) is 3. The third-order valence-corrected chi connectivity index (χ3v) is 7.56. The van der Waals surface area contributed by atoms with Crippen LogP contribution in [0.1, 0.15) is 37.4 Å². The first-order valence-corrected chi connectivity index (χ1v) is 13.5. The summed E-state index contributed by atoms with van der Waals surface area (Å²) < 4.78 is 28.9. The van der Waals surface area contributed by atoms with Gasteiger partial charge in [0.1, 0.15) is 4.90 Å². The fourth-order valence-electron chi connectivity index (χ4n) is 3.66. The first-order chi connectivity index (χ1) is 18.1. The monoisotopic (exact) mass is 548 g/mol. The summed E-state index contributed by atoms with van der Waals surface area (Å²) in [6, 6.07) is 19.5. The van der Waals surface area contributed by atoms with Crippen LogP contribution in [0, 0.1) is 13.8 Å². The Balaban J connectivity index is 1.54. The first-order valence-electron chi connectivity index (χ1n) is 11.6. The van der Waals surface area contributed by atoms with Gasteiger partial charge in [-0.3, -0.25) is 19.3 Å². The summed E-state index contributed by atoms with van der Waals surface area (Å²) in [5.74, 6) is -0.987. The number of pyridine rings is 1. The number of hydrogen-bond acceptors (Lipinski definition) is 5. The molecule has 0 saturated heterocycles. The number of amides is 2. The van der Waals surface area contributed by atoms with E-state index in [4.69, 9.17) is 11.6 Å². The number of para-hydroxylation sites is 1. The molecule has 194 valence electrons. The van der Waals surface area contributed by atoms with Crippen molar-refractivity contribution in [1.29, 1.82) is 0 Å². The lowest BCUT2D eigenvalue weighted by molar-refractivity contribution is 0.0951. The van der Waals surface area contributed by atoms with Crippen molar-refractivity contribution in [3.05, 3.63) is 118 Å². The number of anilines is 2. The molecule has 3 aromatic carbocycles. The van der Waals surface area contributed by atoms with Crippen LogP contribution in [0.2, 0.25) is 5.02 Å². The standard InChI is InChI=1S/C28H25ClN4O4S/c1-18-9-10-19(2)25(14-18)33-38(36,37)26-15-21(11-12-23(26)29)27(34)32-24-8-4-3-7-22(24)28(35)31-17-20-6-5-13-30-16-20/h3-16,33H,17H2,1-2H3,(H,31,35)(H,32,34). The molecule has 0 aliphatic carbocycles. The third kappa shape index (κ3) is 6.37. The predicted octanol–water partition coefficient (Wildman–Crippen LogP) is 5.33. The number of rotatable bonds is 8. The third-order valence-electron chi connectivity index (χ3n) is 5.72. The van der Waals surface area contributed by atoms with E-state index in [9.17, 15) is 18.0 Å². The normalized spacial score (nSPS) is 11.0. The molecule has 0 aliphatic rings. The number of nitrogens with zero attached hydrogens (tertiary/aromatic N) is 1. The Morgan fingerprint density at radius 2 is 1.68 bits per heavy atom. The molecule has 10 heteroatoms. The van der Waals surface area contributed by atoms with Crippen molar-refractivity contribution >= 4 is 44.8 Å². The van der Waals surface area contributed by atoms with Gasteiger partial charge < -0.3 is 10.6 Å². The molecule has 4 rings (SSSR count). The van der Waals surface area contributed by atoms with Crippen LogP contribution in [-0.4, -0.2) is 25.2 Å². The van der Waals surface area contributed by atoms with Crippen LogP contribution < -0.4 is 15.4 Å². The Bertz CT molecular complexity index is 1610. The van der Waals surface area contributed by atoms with Gasteiger partial charge in [0.15, 0.2) is 0 Å². The number of carbonyl (C=O) groups is 2. The first kappa shape index (κ1) is 26.8. The number of aromatic nitrogens is 1. The smallest absolute Gasteiger partial charge is 0.263 e. The van der Waals surface area contributed by atoms with Crippen molar-refractivity contribution in [2.75, 3.05) is 10.0 Å². The Hall–Kier alpha value is -4.21. The molecular formula is C28H25ClN4O4S. The highest BCUT2D eigenvalue weighted by molar-refractivity contribution is 7.92. The zero-order valence-corrected chi connectivity index (χ0v) is 22.2. The quantitative estimate of drug-likeness (QED) is 0.275. The van der Waals surface area contributed by atoms with Crippen LogP contribution >= 0.6 is 11.6 Å². The van der Waals surface area contributed by atoms with Crippen LogP contribution in [0.4, 0.5) is 11.4 Å². The summed E-state index contributed by atoms with van der Waals surface area (Å²) in [6.45, 7) is 3.90. The van der Waals surface area contributed by atoms with Gasteiger partial charge in [0.2, 0.25) is 0 Å². The van der Waals surface area contributed by atoms with E-state index < -0.39 is 15.9 Å². The molecule has 0 atom stereocenters. The average molecular weight is 549 g/mol. The van der Waals surface area contributed by atoms with Gasteiger partial charge in [-0.05, 0) is 73.0 Å². The number of halogens is 1. The molecule has 0 saturated carbocycles. The zero-order valence-electron chi connectivity index (χ0n) is 20.7. The minimum Gasteiger partial charge on any atom is -0.348 e. The molecule has 1 heterocycles. The molecule has 0 aliphatic heterocycles. The van der Waals surface area contributed by atoms with Gasteiger partial charge >= 0.3 is 0 Å². The van der Waals surface area contributed by atoms with Crippen LogP contribution in [0.5, 0.6) is 0 Å². The van der Waals surface area contributed by atoms with Crippen molar-refractivity contribution in [2.45, 2.75) is 25.3 Å². The van der Waals surface area contributed by atoms with E-state index in [0.717, 1.165) is 16.7 Å². The van der Waals surface area contributed by atoms with Crippen LogP contribution in [0.15, 0.2) is 90.1 Å². The van der Waals surface area contributed by atoms with E-state index in [0.29, 0.717) is 5.69 Å². The highest BCUT2D eigenvalue weighted by atomic mass is 35.5. The zero-order chi connectivity index (χ0) is 27.3. The molecule has 4 aromatic rings. The Morgan fingerprint density at radius 3 is 2.45 bits per heavy atom. The van der Waals surface area contributed by atoms with Gasteiger partial charge in [-0.1, -0.05) is 41.9 Å². The second-order valence-corrected chi connectivity index (χ2v) is 10.7. The molecular weight excluding hydrogens is 524 g/mol. The number of nitrogens with one attached hydrogen (secondary N) is 3. The van der Waals surface area contributed by atoms with E-state index in [1.807, 2.05) is 25.1 Å². The van der Waals surface area contributed by atoms with Crippen molar-refractivity contribution in [1.82, 2.24) is 10.3 Å². The number of benzene rings is 3. The van der Waals surface area contributed by atoms with Gasteiger partial charge in [0.25, 0.3) is 21.8 Å². The van der Waals surface area contributed by atoms with E-state index >= 15 is 0 Å². The maximum absolute atomic E-state index is 13.2. The molecule has 0 fully saturated rings. The highest BCUT2D eigenvalue weighted by Crippen LogP contribution is 2.27. The predicted molar refractivity (Wildman–Crippen MR) is 148 cm³/mol. The molecule has 1 aromatic heterocycles. The van der Waals surface area contributed by atoms with Crippen LogP contribution in [0.25, 0.3) is 0 Å². The Labute approximate surface area is 226 Å². The van der Waals surface area contributed by atoms with E-state index in [-0.39, 0.29) is 39.2 Å². The molecule has 2 amide bonds. The lowest BCUT2D eigenvalue weighted by atomic mass is 10.1. The average Bonchev–Trinajstić information content (AvgIpc) is 2.90. The van der Waals surface area contributed by atoms with Gasteiger partial charge in [0.05, 0.1) is 22.0 Å².